The van der Waals surface area contributed by atoms with Crippen molar-refractivity contribution in [2.24, 2.45) is 0 Å². The number of amides is 2. The van der Waals surface area contributed by atoms with Crippen LogP contribution in [0.2, 0.25) is 0 Å². The fourth-order valence-corrected chi connectivity index (χ4v) is 2.00. The van der Waals surface area contributed by atoms with Crippen molar-refractivity contribution in [3.63, 3.8) is 0 Å². The number of nitrogens with one attached hydrogen (secondary N) is 1. The van der Waals surface area contributed by atoms with Gasteiger partial charge in [0.05, 0.1) is 19.3 Å². The minimum atomic E-state index is -1.03. The molecule has 1 aromatic carbocycles. The van der Waals surface area contributed by atoms with Gasteiger partial charge in [-0.25, -0.2) is 9.59 Å². The van der Waals surface area contributed by atoms with Crippen molar-refractivity contribution in [3.8, 4) is 5.75 Å². The van der Waals surface area contributed by atoms with Gasteiger partial charge in [-0.15, -0.1) is 0 Å². The minimum absolute atomic E-state index is 0.0388. The smallest absolute Gasteiger partial charge is 0.341 e. The molecule has 0 aromatic heterocycles. The number of morpholine rings is 1. The number of carbonyl (C=O) groups is 2. The van der Waals surface area contributed by atoms with Gasteiger partial charge < -0.3 is 24.8 Å². The Morgan fingerprint density at radius 1 is 1.43 bits per heavy atom. The molecule has 0 saturated carbocycles. The van der Waals surface area contributed by atoms with Gasteiger partial charge in [0.15, 0.2) is 6.61 Å². The molecule has 0 spiro atoms. The summed E-state index contributed by atoms with van der Waals surface area (Å²) in [5, 5.41) is 11.3. The zero-order chi connectivity index (χ0) is 15.2. The number of ether oxygens (including phenoxy) is 2. The molecule has 1 atom stereocenters. The van der Waals surface area contributed by atoms with E-state index in [1.807, 2.05) is 6.92 Å². The molecule has 0 radical (unpaired) electrons. The Bertz CT molecular complexity index is 503. The maximum atomic E-state index is 12.1. The molecule has 7 heteroatoms. The van der Waals surface area contributed by atoms with E-state index < -0.39 is 12.6 Å². The Labute approximate surface area is 122 Å². The Kier molecular flexibility index (Phi) is 4.99. The van der Waals surface area contributed by atoms with Gasteiger partial charge in [0, 0.05) is 12.2 Å². The molecule has 1 fully saturated rings. The maximum Gasteiger partial charge on any atom is 0.341 e. The van der Waals surface area contributed by atoms with Crippen molar-refractivity contribution in [1.29, 1.82) is 0 Å². The number of nitrogens with zero attached hydrogens (tertiary/aromatic N) is 1. The molecule has 2 rings (SSSR count). The zero-order valence-corrected chi connectivity index (χ0v) is 11.7. The van der Waals surface area contributed by atoms with Crippen molar-refractivity contribution in [2.75, 3.05) is 31.7 Å². The van der Waals surface area contributed by atoms with E-state index in [-0.39, 0.29) is 12.1 Å². The van der Waals surface area contributed by atoms with Crippen LogP contribution in [0.1, 0.15) is 6.92 Å². The lowest BCUT2D eigenvalue weighted by Crippen LogP contribution is -2.48. The van der Waals surface area contributed by atoms with Gasteiger partial charge in [0.2, 0.25) is 0 Å². The summed E-state index contributed by atoms with van der Waals surface area (Å²) < 4.78 is 10.3. The van der Waals surface area contributed by atoms with Gasteiger partial charge in [0.25, 0.3) is 0 Å². The number of aliphatic carboxylic acids is 1. The molecular weight excluding hydrogens is 276 g/mol. The largest absolute Gasteiger partial charge is 0.482 e. The van der Waals surface area contributed by atoms with Crippen LogP contribution in [0.15, 0.2) is 24.3 Å². The van der Waals surface area contributed by atoms with Crippen LogP contribution >= 0.6 is 0 Å². The molecule has 1 aliphatic heterocycles. The van der Waals surface area contributed by atoms with Crippen LogP contribution in [0.3, 0.4) is 0 Å². The summed E-state index contributed by atoms with van der Waals surface area (Å²) in [5.74, 6) is -0.594. The molecule has 0 aliphatic carbocycles. The first-order valence-corrected chi connectivity index (χ1v) is 6.66. The van der Waals surface area contributed by atoms with Gasteiger partial charge in [-0.2, -0.15) is 0 Å². The summed E-state index contributed by atoms with van der Waals surface area (Å²) in [6.45, 7) is 3.18. The SMILES string of the molecule is CC1COCCN1C(=O)Nc1ccc(OCC(=O)O)cc1. The van der Waals surface area contributed by atoms with E-state index in [4.69, 9.17) is 14.6 Å². The van der Waals surface area contributed by atoms with Gasteiger partial charge in [0.1, 0.15) is 5.75 Å². The first kappa shape index (κ1) is 15.1. The molecule has 2 amide bonds. The lowest BCUT2D eigenvalue weighted by molar-refractivity contribution is -0.139. The van der Waals surface area contributed by atoms with Crippen LogP contribution in [0, 0.1) is 0 Å². The minimum Gasteiger partial charge on any atom is -0.482 e. The van der Waals surface area contributed by atoms with Gasteiger partial charge in [-0.1, -0.05) is 0 Å². The normalized spacial score (nSPS) is 18.1. The highest BCUT2D eigenvalue weighted by Gasteiger charge is 2.23. The van der Waals surface area contributed by atoms with Crippen LogP contribution in [0.25, 0.3) is 0 Å². The molecule has 1 heterocycles. The van der Waals surface area contributed by atoms with Gasteiger partial charge in [-0.05, 0) is 31.2 Å². The van der Waals surface area contributed by atoms with E-state index in [2.05, 4.69) is 5.32 Å². The predicted molar refractivity (Wildman–Crippen MR) is 75.6 cm³/mol. The molecular formula is C14H18N2O5. The van der Waals surface area contributed by atoms with Crippen LogP contribution in [-0.2, 0) is 9.53 Å². The lowest BCUT2D eigenvalue weighted by Gasteiger charge is -2.33. The lowest BCUT2D eigenvalue weighted by atomic mass is 10.2. The van der Waals surface area contributed by atoms with E-state index in [1.165, 1.54) is 0 Å². The molecule has 1 aliphatic rings. The van der Waals surface area contributed by atoms with E-state index in [1.54, 1.807) is 29.2 Å². The average Bonchev–Trinajstić information content (AvgIpc) is 2.47. The number of anilines is 1. The molecule has 114 valence electrons. The first-order valence-electron chi connectivity index (χ1n) is 6.66. The van der Waals surface area contributed by atoms with Crippen LogP contribution in [0.5, 0.6) is 5.75 Å². The molecule has 21 heavy (non-hydrogen) atoms. The number of carboxylic acid groups (broad SMARTS) is 1. The number of urea groups is 1. The number of rotatable bonds is 4. The Balaban J connectivity index is 1.90. The van der Waals surface area contributed by atoms with E-state index in [0.717, 1.165) is 0 Å². The van der Waals surface area contributed by atoms with Crippen molar-refractivity contribution in [3.05, 3.63) is 24.3 Å². The number of carboxylic acids is 1. The topological polar surface area (TPSA) is 88.1 Å². The standard InChI is InChI=1S/C14H18N2O5/c1-10-8-20-7-6-16(10)14(19)15-11-2-4-12(5-3-11)21-9-13(17)18/h2-5,10H,6-9H2,1H3,(H,15,19)(H,17,18). The summed E-state index contributed by atoms with van der Waals surface area (Å²) in [6, 6.07) is 6.42. The summed E-state index contributed by atoms with van der Waals surface area (Å²) in [6.07, 6.45) is 0. The van der Waals surface area contributed by atoms with Gasteiger partial charge in [-0.3, -0.25) is 0 Å². The van der Waals surface area contributed by atoms with Crippen LogP contribution < -0.4 is 10.1 Å². The van der Waals surface area contributed by atoms with Crippen LogP contribution in [-0.4, -0.2) is 54.4 Å². The summed E-state index contributed by atoms with van der Waals surface area (Å²) >= 11 is 0. The monoisotopic (exact) mass is 294 g/mol. The Morgan fingerprint density at radius 2 is 2.14 bits per heavy atom. The second-order valence-electron chi connectivity index (χ2n) is 4.75. The van der Waals surface area contributed by atoms with E-state index in [0.29, 0.717) is 31.2 Å². The Morgan fingerprint density at radius 3 is 2.76 bits per heavy atom. The third kappa shape index (κ3) is 4.35. The van der Waals surface area contributed by atoms with Crippen molar-refractivity contribution in [2.45, 2.75) is 13.0 Å². The summed E-state index contributed by atoms with van der Waals surface area (Å²) in [7, 11) is 0. The molecule has 7 nitrogen and oxygen atoms in total. The van der Waals surface area contributed by atoms with Crippen molar-refractivity contribution < 1.29 is 24.2 Å². The molecule has 2 N–H and O–H groups in total. The fraction of sp³-hybridized carbons (Fsp3) is 0.429. The third-order valence-electron chi connectivity index (χ3n) is 3.10. The second kappa shape index (κ2) is 6.94. The van der Waals surface area contributed by atoms with Gasteiger partial charge >= 0.3 is 12.0 Å². The average molecular weight is 294 g/mol. The third-order valence-corrected chi connectivity index (χ3v) is 3.10. The molecule has 1 aromatic rings. The highest BCUT2D eigenvalue weighted by atomic mass is 16.5. The highest BCUT2D eigenvalue weighted by molar-refractivity contribution is 5.89. The summed E-state index contributed by atoms with van der Waals surface area (Å²) in [5.41, 5.74) is 0.626. The fourth-order valence-electron chi connectivity index (χ4n) is 2.00. The first-order chi connectivity index (χ1) is 10.1. The number of benzene rings is 1. The summed E-state index contributed by atoms with van der Waals surface area (Å²) in [4.78, 5) is 24.2. The Hall–Kier alpha value is -2.28. The molecule has 1 saturated heterocycles. The van der Waals surface area contributed by atoms with Crippen molar-refractivity contribution in [1.82, 2.24) is 4.90 Å². The predicted octanol–water partition coefficient (Wildman–Crippen LogP) is 1.40. The maximum absolute atomic E-state index is 12.1. The quantitative estimate of drug-likeness (QED) is 0.876. The molecule has 1 unspecified atom stereocenters. The van der Waals surface area contributed by atoms with E-state index in [9.17, 15) is 9.59 Å². The highest BCUT2D eigenvalue weighted by Crippen LogP contribution is 2.17. The van der Waals surface area contributed by atoms with E-state index >= 15 is 0 Å². The number of hydrogen-bond donors (Lipinski definition) is 2. The second-order valence-corrected chi connectivity index (χ2v) is 4.75. The number of carbonyl (C=O) groups excluding carboxylic acids is 1. The van der Waals surface area contributed by atoms with Crippen molar-refractivity contribution >= 4 is 17.7 Å². The number of hydrogen-bond acceptors (Lipinski definition) is 4. The zero-order valence-electron chi connectivity index (χ0n) is 11.7. The molecule has 0 bridgehead atoms. The van der Waals surface area contributed by atoms with Crippen LogP contribution in [0.4, 0.5) is 10.5 Å².